The molecule has 0 spiro atoms. The van der Waals surface area contributed by atoms with Crippen molar-refractivity contribution >= 4 is 17.6 Å². The predicted molar refractivity (Wildman–Crippen MR) is 91.1 cm³/mol. The van der Waals surface area contributed by atoms with Gasteiger partial charge >= 0.3 is 0 Å². The van der Waals surface area contributed by atoms with Gasteiger partial charge in [-0.15, -0.1) is 0 Å². The lowest BCUT2D eigenvalue weighted by Gasteiger charge is -2.35. The summed E-state index contributed by atoms with van der Waals surface area (Å²) in [6.07, 6.45) is 5.07. The standard InChI is InChI=1S/C17H23N5O/c1-13-6-5-7-14(10-13)20-16-18-12-19-17(21-16)22-9-4-3-8-15(22)11-23-2/h5-7,10,12,15H,3-4,8-9,11H2,1-2H3,(H,18,19,20,21)/t15-/m1/s1. The highest BCUT2D eigenvalue weighted by molar-refractivity contribution is 5.55. The van der Waals surface area contributed by atoms with Crippen molar-refractivity contribution in [1.82, 2.24) is 15.0 Å². The van der Waals surface area contributed by atoms with Crippen LogP contribution in [-0.4, -0.2) is 41.3 Å². The van der Waals surface area contributed by atoms with E-state index in [2.05, 4.69) is 44.2 Å². The lowest BCUT2D eigenvalue weighted by molar-refractivity contribution is 0.165. The summed E-state index contributed by atoms with van der Waals surface area (Å²) in [6.45, 7) is 3.72. The van der Waals surface area contributed by atoms with Crippen LogP contribution in [0.2, 0.25) is 0 Å². The molecule has 1 aromatic heterocycles. The highest BCUT2D eigenvalue weighted by Gasteiger charge is 2.24. The topological polar surface area (TPSA) is 63.2 Å². The number of hydrogen-bond donors (Lipinski definition) is 1. The van der Waals surface area contributed by atoms with Gasteiger partial charge < -0.3 is 15.0 Å². The Morgan fingerprint density at radius 2 is 2.22 bits per heavy atom. The van der Waals surface area contributed by atoms with E-state index in [4.69, 9.17) is 4.74 Å². The number of nitrogens with zero attached hydrogens (tertiary/aromatic N) is 4. The maximum atomic E-state index is 5.34. The van der Waals surface area contributed by atoms with Gasteiger partial charge in [0.2, 0.25) is 11.9 Å². The van der Waals surface area contributed by atoms with Crippen molar-refractivity contribution < 1.29 is 4.74 Å². The van der Waals surface area contributed by atoms with Gasteiger partial charge in [0, 0.05) is 19.3 Å². The van der Waals surface area contributed by atoms with E-state index in [0.29, 0.717) is 18.6 Å². The van der Waals surface area contributed by atoms with Crippen LogP contribution in [0.4, 0.5) is 17.6 Å². The molecule has 1 aliphatic rings. The van der Waals surface area contributed by atoms with Crippen LogP contribution in [0.25, 0.3) is 0 Å². The first-order valence-electron chi connectivity index (χ1n) is 8.04. The molecule has 0 saturated carbocycles. The molecule has 122 valence electrons. The molecule has 6 heteroatoms. The molecule has 2 aromatic rings. The van der Waals surface area contributed by atoms with Crippen molar-refractivity contribution in [3.63, 3.8) is 0 Å². The Morgan fingerprint density at radius 3 is 3.04 bits per heavy atom. The number of benzene rings is 1. The minimum atomic E-state index is 0.336. The smallest absolute Gasteiger partial charge is 0.231 e. The van der Waals surface area contributed by atoms with Crippen LogP contribution in [-0.2, 0) is 4.74 Å². The Bertz CT molecular complexity index is 646. The van der Waals surface area contributed by atoms with Gasteiger partial charge in [-0.3, -0.25) is 0 Å². The number of methoxy groups -OCH3 is 1. The molecule has 0 amide bonds. The largest absolute Gasteiger partial charge is 0.383 e. The van der Waals surface area contributed by atoms with E-state index in [1.54, 1.807) is 13.4 Å². The van der Waals surface area contributed by atoms with E-state index in [1.165, 1.54) is 12.0 Å². The zero-order chi connectivity index (χ0) is 16.1. The molecule has 1 aromatic carbocycles. The maximum Gasteiger partial charge on any atom is 0.231 e. The van der Waals surface area contributed by atoms with Gasteiger partial charge in [0.25, 0.3) is 0 Å². The number of aromatic nitrogens is 3. The summed E-state index contributed by atoms with van der Waals surface area (Å²) in [5.41, 5.74) is 2.18. The molecule has 3 rings (SSSR count). The zero-order valence-electron chi connectivity index (χ0n) is 13.7. The second-order valence-corrected chi connectivity index (χ2v) is 5.90. The van der Waals surface area contributed by atoms with Gasteiger partial charge in [0.05, 0.1) is 12.6 Å². The number of piperidine rings is 1. The Balaban J connectivity index is 1.78. The van der Waals surface area contributed by atoms with Crippen molar-refractivity contribution in [2.75, 3.05) is 30.5 Å². The highest BCUT2D eigenvalue weighted by atomic mass is 16.5. The fourth-order valence-electron chi connectivity index (χ4n) is 2.97. The summed E-state index contributed by atoms with van der Waals surface area (Å²) in [4.78, 5) is 15.4. The third-order valence-corrected chi connectivity index (χ3v) is 4.08. The maximum absolute atomic E-state index is 5.34. The highest BCUT2D eigenvalue weighted by Crippen LogP contribution is 2.23. The number of anilines is 3. The summed E-state index contributed by atoms with van der Waals surface area (Å²) in [7, 11) is 1.74. The minimum Gasteiger partial charge on any atom is -0.383 e. The first-order valence-corrected chi connectivity index (χ1v) is 8.04. The average Bonchev–Trinajstić information content (AvgIpc) is 2.56. The van der Waals surface area contributed by atoms with Crippen molar-refractivity contribution in [2.24, 2.45) is 0 Å². The number of ether oxygens (including phenoxy) is 1. The fourth-order valence-corrected chi connectivity index (χ4v) is 2.97. The van der Waals surface area contributed by atoms with E-state index in [9.17, 15) is 0 Å². The first kappa shape index (κ1) is 15.7. The molecular weight excluding hydrogens is 290 g/mol. The molecule has 1 N–H and O–H groups in total. The fraction of sp³-hybridized carbons (Fsp3) is 0.471. The minimum absolute atomic E-state index is 0.336. The SMILES string of the molecule is COC[C@H]1CCCCN1c1ncnc(Nc2cccc(C)c2)n1. The van der Waals surface area contributed by atoms with E-state index >= 15 is 0 Å². The van der Waals surface area contributed by atoms with Gasteiger partial charge in [0.15, 0.2) is 0 Å². The van der Waals surface area contributed by atoms with Crippen LogP contribution in [0.1, 0.15) is 24.8 Å². The Labute approximate surface area is 136 Å². The summed E-state index contributed by atoms with van der Waals surface area (Å²) in [6, 6.07) is 8.48. The number of nitrogens with one attached hydrogen (secondary N) is 1. The molecule has 1 fully saturated rings. The van der Waals surface area contributed by atoms with Crippen LogP contribution >= 0.6 is 0 Å². The molecular formula is C17H23N5O. The van der Waals surface area contributed by atoms with E-state index < -0.39 is 0 Å². The Morgan fingerprint density at radius 1 is 1.30 bits per heavy atom. The number of hydrogen-bond acceptors (Lipinski definition) is 6. The van der Waals surface area contributed by atoms with Gasteiger partial charge in [-0.05, 0) is 43.9 Å². The average molecular weight is 313 g/mol. The third-order valence-electron chi connectivity index (χ3n) is 4.08. The molecule has 23 heavy (non-hydrogen) atoms. The monoisotopic (exact) mass is 313 g/mol. The number of aryl methyl sites for hydroxylation is 1. The van der Waals surface area contributed by atoms with Gasteiger partial charge in [-0.2, -0.15) is 4.98 Å². The lowest BCUT2D eigenvalue weighted by atomic mass is 10.0. The zero-order valence-corrected chi connectivity index (χ0v) is 13.7. The Kier molecular flexibility index (Phi) is 5.02. The molecule has 0 aliphatic carbocycles. The summed E-state index contributed by atoms with van der Waals surface area (Å²) in [5.74, 6) is 1.29. The van der Waals surface area contributed by atoms with Crippen LogP contribution in [0.3, 0.4) is 0 Å². The summed E-state index contributed by atoms with van der Waals surface area (Å²) >= 11 is 0. The Hall–Kier alpha value is -2.21. The van der Waals surface area contributed by atoms with E-state index in [-0.39, 0.29) is 0 Å². The molecule has 0 radical (unpaired) electrons. The lowest BCUT2D eigenvalue weighted by Crippen LogP contribution is -2.43. The van der Waals surface area contributed by atoms with Gasteiger partial charge in [-0.1, -0.05) is 12.1 Å². The predicted octanol–water partition coefficient (Wildman–Crippen LogP) is 2.93. The van der Waals surface area contributed by atoms with Gasteiger partial charge in [0.1, 0.15) is 6.33 Å². The van der Waals surface area contributed by atoms with Crippen LogP contribution in [0.15, 0.2) is 30.6 Å². The molecule has 1 aliphatic heterocycles. The summed E-state index contributed by atoms with van der Waals surface area (Å²) < 4.78 is 5.34. The molecule has 0 unspecified atom stereocenters. The first-order chi connectivity index (χ1) is 11.3. The molecule has 1 saturated heterocycles. The van der Waals surface area contributed by atoms with Crippen molar-refractivity contribution in [1.29, 1.82) is 0 Å². The molecule has 2 heterocycles. The van der Waals surface area contributed by atoms with E-state index in [0.717, 1.165) is 31.0 Å². The summed E-state index contributed by atoms with van der Waals surface area (Å²) in [5, 5.41) is 3.25. The van der Waals surface area contributed by atoms with E-state index in [1.807, 2.05) is 12.1 Å². The van der Waals surface area contributed by atoms with Crippen LogP contribution in [0, 0.1) is 6.92 Å². The third kappa shape index (κ3) is 3.96. The van der Waals surface area contributed by atoms with Crippen molar-refractivity contribution in [3.8, 4) is 0 Å². The quantitative estimate of drug-likeness (QED) is 0.915. The second kappa shape index (κ2) is 7.37. The van der Waals surface area contributed by atoms with Gasteiger partial charge in [-0.25, -0.2) is 9.97 Å². The number of rotatable bonds is 5. The molecule has 1 atom stereocenters. The second-order valence-electron chi connectivity index (χ2n) is 5.90. The van der Waals surface area contributed by atoms with Crippen LogP contribution in [0.5, 0.6) is 0 Å². The molecule has 0 bridgehead atoms. The van der Waals surface area contributed by atoms with Crippen molar-refractivity contribution in [2.45, 2.75) is 32.2 Å². The van der Waals surface area contributed by atoms with Crippen molar-refractivity contribution in [3.05, 3.63) is 36.2 Å². The normalized spacial score (nSPS) is 18.0. The molecule has 6 nitrogen and oxygen atoms in total. The van der Waals surface area contributed by atoms with Crippen LogP contribution < -0.4 is 10.2 Å².